The lowest BCUT2D eigenvalue weighted by Gasteiger charge is -2.14. The topological polar surface area (TPSA) is 66.7 Å². The molecule has 1 N–H and O–H groups in total. The number of nitrogens with one attached hydrogen (secondary N) is 1. The van der Waals surface area contributed by atoms with Crippen LogP contribution in [-0.2, 0) is 4.79 Å². The summed E-state index contributed by atoms with van der Waals surface area (Å²) in [6.45, 7) is 7.75. The van der Waals surface area contributed by atoms with Crippen molar-refractivity contribution in [3.8, 4) is 0 Å². The highest BCUT2D eigenvalue weighted by Gasteiger charge is 2.32. The van der Waals surface area contributed by atoms with E-state index in [0.29, 0.717) is 45.3 Å². The molecule has 0 aromatic carbocycles. The Balaban J connectivity index is 1.62. The highest BCUT2D eigenvalue weighted by Crippen LogP contribution is 2.33. The molecule has 0 bridgehead atoms. The van der Waals surface area contributed by atoms with Crippen molar-refractivity contribution in [2.75, 3.05) is 18.4 Å². The first-order valence-electron chi connectivity index (χ1n) is 13.4. The van der Waals surface area contributed by atoms with Crippen LogP contribution in [0, 0.1) is 5.92 Å². The van der Waals surface area contributed by atoms with Crippen molar-refractivity contribution in [3.05, 3.63) is 45.2 Å². The molecule has 1 fully saturated rings. The number of pyridine rings is 1. The van der Waals surface area contributed by atoms with Gasteiger partial charge in [0.05, 0.1) is 10.5 Å². The van der Waals surface area contributed by atoms with E-state index in [9.17, 15) is 9.59 Å². The van der Waals surface area contributed by atoms with Crippen LogP contribution >= 0.6 is 24.0 Å². The van der Waals surface area contributed by atoms with Crippen molar-refractivity contribution >= 4 is 51.7 Å². The number of thioether (sulfide) groups is 1. The van der Waals surface area contributed by atoms with E-state index in [2.05, 4.69) is 31.1 Å². The molecule has 1 amide bonds. The minimum absolute atomic E-state index is 0.117. The molecule has 1 saturated heterocycles. The Hall–Kier alpha value is -2.19. The molecule has 0 aliphatic carbocycles. The second-order valence-electron chi connectivity index (χ2n) is 9.90. The number of aromatic nitrogens is 2. The number of nitrogens with zero attached hydrogens (tertiary/aromatic N) is 3. The van der Waals surface area contributed by atoms with E-state index < -0.39 is 0 Å². The summed E-state index contributed by atoms with van der Waals surface area (Å²) in [5.74, 6) is 0.765. The largest absolute Gasteiger partial charge is 0.369 e. The van der Waals surface area contributed by atoms with Crippen LogP contribution in [0.25, 0.3) is 11.7 Å². The van der Waals surface area contributed by atoms with Crippen LogP contribution in [0.3, 0.4) is 0 Å². The third-order valence-corrected chi connectivity index (χ3v) is 7.71. The molecule has 0 unspecified atom stereocenters. The van der Waals surface area contributed by atoms with E-state index >= 15 is 0 Å². The Bertz CT molecular complexity index is 1130. The third kappa shape index (κ3) is 7.90. The van der Waals surface area contributed by atoms with E-state index in [4.69, 9.17) is 12.2 Å². The number of anilines is 1. The first kappa shape index (κ1) is 28.4. The summed E-state index contributed by atoms with van der Waals surface area (Å²) in [6.07, 6.45) is 15.8. The SMILES string of the molecule is CCCCCCCCCCCCN1C(=O)C(=Cc2c(NCC(C)C)nc3ccccn3c2=O)SC1=S. The maximum Gasteiger partial charge on any atom is 0.267 e. The van der Waals surface area contributed by atoms with Gasteiger partial charge in [0, 0.05) is 19.3 Å². The summed E-state index contributed by atoms with van der Waals surface area (Å²) in [4.78, 5) is 33.3. The van der Waals surface area contributed by atoms with Crippen LogP contribution in [0.15, 0.2) is 34.1 Å². The number of hydrogen-bond acceptors (Lipinski definition) is 6. The summed E-state index contributed by atoms with van der Waals surface area (Å²) in [5.41, 5.74) is 0.755. The molecule has 6 nitrogen and oxygen atoms in total. The van der Waals surface area contributed by atoms with Gasteiger partial charge in [-0.2, -0.15) is 0 Å². The number of fused-ring (bicyclic) bond motifs is 1. The van der Waals surface area contributed by atoms with Crippen molar-refractivity contribution in [2.45, 2.75) is 85.0 Å². The van der Waals surface area contributed by atoms with Gasteiger partial charge in [0.1, 0.15) is 15.8 Å². The second kappa shape index (κ2) is 14.5. The van der Waals surface area contributed by atoms with Crippen LogP contribution in [0.4, 0.5) is 5.82 Å². The van der Waals surface area contributed by atoms with Crippen molar-refractivity contribution in [2.24, 2.45) is 5.92 Å². The van der Waals surface area contributed by atoms with Gasteiger partial charge in [0.2, 0.25) is 0 Å². The highest BCUT2D eigenvalue weighted by molar-refractivity contribution is 8.26. The van der Waals surface area contributed by atoms with Gasteiger partial charge in [-0.25, -0.2) is 4.98 Å². The first-order chi connectivity index (χ1) is 17.4. The molecule has 2 aromatic rings. The molecule has 0 radical (unpaired) electrons. The number of amides is 1. The fourth-order valence-corrected chi connectivity index (χ4v) is 5.54. The molecule has 196 valence electrons. The van der Waals surface area contributed by atoms with E-state index in [-0.39, 0.29) is 11.5 Å². The van der Waals surface area contributed by atoms with Crippen LogP contribution < -0.4 is 10.9 Å². The molecular formula is C28H40N4O2S2. The fourth-order valence-electron chi connectivity index (χ4n) is 4.25. The average Bonchev–Trinajstić information content (AvgIpc) is 3.13. The Kier molecular flexibility index (Phi) is 11.5. The molecule has 1 aliphatic rings. The van der Waals surface area contributed by atoms with Gasteiger partial charge in [-0.15, -0.1) is 0 Å². The summed E-state index contributed by atoms with van der Waals surface area (Å²) < 4.78 is 2.07. The molecular weight excluding hydrogens is 488 g/mol. The van der Waals surface area contributed by atoms with Gasteiger partial charge in [-0.3, -0.25) is 18.9 Å². The van der Waals surface area contributed by atoms with Crippen LogP contribution in [0.5, 0.6) is 0 Å². The number of rotatable bonds is 15. The molecule has 0 atom stereocenters. The van der Waals surface area contributed by atoms with Gasteiger partial charge in [0.15, 0.2) is 0 Å². The smallest absolute Gasteiger partial charge is 0.267 e. The van der Waals surface area contributed by atoms with Gasteiger partial charge in [-0.1, -0.05) is 109 Å². The van der Waals surface area contributed by atoms with Crippen LogP contribution in [0.2, 0.25) is 0 Å². The summed E-state index contributed by atoms with van der Waals surface area (Å²) in [6, 6.07) is 5.46. The first-order valence-corrected chi connectivity index (χ1v) is 14.7. The summed E-state index contributed by atoms with van der Waals surface area (Å²) in [5, 5.41) is 3.29. The summed E-state index contributed by atoms with van der Waals surface area (Å²) in [7, 11) is 0. The molecule has 36 heavy (non-hydrogen) atoms. The second-order valence-corrected chi connectivity index (χ2v) is 11.6. The van der Waals surface area contributed by atoms with Gasteiger partial charge < -0.3 is 5.32 Å². The van der Waals surface area contributed by atoms with E-state index in [0.717, 1.165) is 12.8 Å². The maximum atomic E-state index is 13.3. The predicted octanol–water partition coefficient (Wildman–Crippen LogP) is 6.88. The Labute approximate surface area is 224 Å². The zero-order valence-electron chi connectivity index (χ0n) is 21.9. The lowest BCUT2D eigenvalue weighted by atomic mass is 10.1. The quantitative estimate of drug-likeness (QED) is 0.154. The highest BCUT2D eigenvalue weighted by atomic mass is 32.2. The summed E-state index contributed by atoms with van der Waals surface area (Å²) >= 11 is 6.79. The number of thiocarbonyl (C=S) groups is 1. The molecule has 0 spiro atoms. The van der Waals surface area contributed by atoms with Gasteiger partial charge in [-0.05, 0) is 30.5 Å². The monoisotopic (exact) mass is 528 g/mol. The van der Waals surface area contributed by atoms with E-state index in [1.54, 1.807) is 29.3 Å². The molecule has 0 saturated carbocycles. The number of carbonyl (C=O) groups excluding carboxylic acids is 1. The predicted molar refractivity (Wildman–Crippen MR) is 157 cm³/mol. The Morgan fingerprint density at radius 2 is 1.69 bits per heavy atom. The van der Waals surface area contributed by atoms with Crippen molar-refractivity contribution in [1.29, 1.82) is 0 Å². The number of hydrogen-bond donors (Lipinski definition) is 1. The number of unbranched alkanes of at least 4 members (excludes halogenated alkanes) is 9. The Morgan fingerprint density at radius 3 is 2.36 bits per heavy atom. The zero-order chi connectivity index (χ0) is 25.9. The molecule has 3 rings (SSSR count). The van der Waals surface area contributed by atoms with Crippen LogP contribution in [0.1, 0.15) is 90.5 Å². The lowest BCUT2D eigenvalue weighted by Crippen LogP contribution is -2.29. The van der Waals surface area contributed by atoms with E-state index in [1.165, 1.54) is 67.5 Å². The molecule has 2 aromatic heterocycles. The standard InChI is InChI=1S/C28H40N4O2S2/c1-4-5-6-7-8-9-10-11-12-14-18-32-27(34)23(36-28(32)35)19-22-25(29-20-21(2)3)30-24-16-13-15-17-31(24)26(22)33/h13,15-17,19,21,29H,4-12,14,18,20H2,1-3H3. The van der Waals surface area contributed by atoms with Crippen molar-refractivity contribution in [3.63, 3.8) is 0 Å². The molecule has 1 aliphatic heterocycles. The third-order valence-electron chi connectivity index (χ3n) is 6.33. The van der Waals surface area contributed by atoms with Crippen LogP contribution in [-0.4, -0.2) is 37.6 Å². The minimum Gasteiger partial charge on any atom is -0.369 e. The van der Waals surface area contributed by atoms with E-state index in [1.807, 2.05) is 6.07 Å². The van der Waals surface area contributed by atoms with Gasteiger partial charge >= 0.3 is 0 Å². The van der Waals surface area contributed by atoms with Crippen molar-refractivity contribution < 1.29 is 4.79 Å². The normalized spacial score (nSPS) is 15.1. The van der Waals surface area contributed by atoms with Gasteiger partial charge in [0.25, 0.3) is 11.5 Å². The zero-order valence-corrected chi connectivity index (χ0v) is 23.6. The van der Waals surface area contributed by atoms with Crippen molar-refractivity contribution in [1.82, 2.24) is 14.3 Å². The Morgan fingerprint density at radius 1 is 1.03 bits per heavy atom. The number of carbonyl (C=O) groups is 1. The lowest BCUT2D eigenvalue weighted by molar-refractivity contribution is -0.122. The maximum absolute atomic E-state index is 13.3. The molecule has 3 heterocycles. The molecule has 8 heteroatoms. The average molecular weight is 529 g/mol. The minimum atomic E-state index is -0.202. The fraction of sp³-hybridized carbons (Fsp3) is 0.571.